The van der Waals surface area contributed by atoms with Crippen LogP contribution in [0.5, 0.6) is 0 Å². The van der Waals surface area contributed by atoms with E-state index in [0.717, 1.165) is 11.1 Å². The normalized spacial score (nSPS) is 10.4. The highest BCUT2D eigenvalue weighted by Gasteiger charge is 2.23. The lowest BCUT2D eigenvalue weighted by Gasteiger charge is -2.22. The molecule has 0 spiro atoms. The van der Waals surface area contributed by atoms with Crippen molar-refractivity contribution < 1.29 is 23.9 Å². The third kappa shape index (κ3) is 4.70. The van der Waals surface area contributed by atoms with Crippen LogP contribution < -0.4 is 10.2 Å². The van der Waals surface area contributed by atoms with E-state index in [2.05, 4.69) is 5.32 Å². The number of carbonyl (C=O) groups is 3. The van der Waals surface area contributed by atoms with Crippen molar-refractivity contribution in [3.8, 4) is 0 Å². The van der Waals surface area contributed by atoms with Crippen molar-refractivity contribution in [3.63, 3.8) is 0 Å². The van der Waals surface area contributed by atoms with Gasteiger partial charge in [0.05, 0.1) is 11.8 Å². The monoisotopic (exact) mass is 392 g/mol. The number of nitrogens with zero attached hydrogens (tertiary/aromatic N) is 1. The summed E-state index contributed by atoms with van der Waals surface area (Å²) in [5.41, 5.74) is 3.19. The van der Waals surface area contributed by atoms with E-state index in [1.165, 1.54) is 35.4 Å². The minimum absolute atomic E-state index is 0.118. The zero-order valence-electron chi connectivity index (χ0n) is 16.0. The number of aromatic carboxylic acids is 1. The van der Waals surface area contributed by atoms with Crippen LogP contribution in [0.2, 0.25) is 0 Å². The maximum absolute atomic E-state index is 12.9. The van der Waals surface area contributed by atoms with Gasteiger partial charge in [-0.05, 0) is 73.5 Å². The molecule has 0 atom stereocenters. The number of nitrogens with one attached hydrogen (secondary N) is 1. The van der Waals surface area contributed by atoms with Crippen LogP contribution >= 0.6 is 0 Å². The van der Waals surface area contributed by atoms with Gasteiger partial charge in [0.15, 0.2) is 5.76 Å². The third-order valence-electron chi connectivity index (χ3n) is 4.50. The molecule has 29 heavy (non-hydrogen) atoms. The number of aryl methyl sites for hydroxylation is 2. The summed E-state index contributed by atoms with van der Waals surface area (Å²) in [7, 11) is 0. The molecule has 2 aromatic carbocycles. The summed E-state index contributed by atoms with van der Waals surface area (Å²) < 4.78 is 5.21. The number of carbonyl (C=O) groups excluding carboxylic acids is 2. The Morgan fingerprint density at radius 1 is 1.00 bits per heavy atom. The predicted octanol–water partition coefficient (Wildman–Crippen LogP) is 3.88. The summed E-state index contributed by atoms with van der Waals surface area (Å²) in [6.07, 6.45) is 1.40. The number of carboxylic acid groups (broad SMARTS) is 1. The molecule has 0 aliphatic heterocycles. The number of benzene rings is 2. The smallest absolute Gasteiger partial charge is 0.335 e. The molecule has 0 radical (unpaired) electrons. The Morgan fingerprint density at radius 3 is 2.31 bits per heavy atom. The number of rotatable bonds is 6. The molecule has 0 saturated heterocycles. The van der Waals surface area contributed by atoms with E-state index in [0.29, 0.717) is 11.4 Å². The average Bonchev–Trinajstić information content (AvgIpc) is 3.23. The van der Waals surface area contributed by atoms with E-state index in [-0.39, 0.29) is 17.9 Å². The fraction of sp³-hybridized carbons (Fsp3) is 0.136. The molecular formula is C22H20N2O5. The molecule has 0 aliphatic rings. The summed E-state index contributed by atoms with van der Waals surface area (Å²) >= 11 is 0. The Morgan fingerprint density at radius 2 is 1.72 bits per heavy atom. The largest absolute Gasteiger partial charge is 0.478 e. The lowest BCUT2D eigenvalue weighted by molar-refractivity contribution is -0.114. The lowest BCUT2D eigenvalue weighted by atomic mass is 10.1. The summed E-state index contributed by atoms with van der Waals surface area (Å²) in [6, 6.07) is 14.4. The molecule has 1 heterocycles. The topological polar surface area (TPSA) is 99.9 Å². The van der Waals surface area contributed by atoms with E-state index >= 15 is 0 Å². The van der Waals surface area contributed by atoms with Crippen molar-refractivity contribution in [3.05, 3.63) is 83.3 Å². The minimum atomic E-state index is -1.05. The van der Waals surface area contributed by atoms with E-state index < -0.39 is 17.8 Å². The number of amides is 2. The first-order valence-corrected chi connectivity index (χ1v) is 8.91. The first-order valence-electron chi connectivity index (χ1n) is 8.91. The van der Waals surface area contributed by atoms with E-state index in [1.54, 1.807) is 18.2 Å². The Labute approximate surface area is 167 Å². The van der Waals surface area contributed by atoms with Gasteiger partial charge in [0, 0.05) is 11.4 Å². The lowest BCUT2D eigenvalue weighted by Crippen LogP contribution is -2.38. The molecule has 2 N–H and O–H groups in total. The van der Waals surface area contributed by atoms with Gasteiger partial charge in [-0.15, -0.1) is 0 Å². The zero-order valence-corrected chi connectivity index (χ0v) is 16.0. The van der Waals surface area contributed by atoms with Gasteiger partial charge in [0.2, 0.25) is 5.91 Å². The summed E-state index contributed by atoms with van der Waals surface area (Å²) in [4.78, 5) is 37.8. The van der Waals surface area contributed by atoms with Crippen LogP contribution in [0.1, 0.15) is 32.0 Å². The maximum Gasteiger partial charge on any atom is 0.335 e. The molecule has 0 saturated carbocycles. The van der Waals surface area contributed by atoms with Crippen molar-refractivity contribution in [2.45, 2.75) is 13.8 Å². The second-order valence-corrected chi connectivity index (χ2v) is 6.57. The van der Waals surface area contributed by atoms with Gasteiger partial charge in [-0.25, -0.2) is 4.79 Å². The fourth-order valence-corrected chi connectivity index (χ4v) is 2.75. The van der Waals surface area contributed by atoms with Crippen molar-refractivity contribution >= 4 is 29.2 Å². The minimum Gasteiger partial charge on any atom is -0.478 e. The van der Waals surface area contributed by atoms with Crippen molar-refractivity contribution in [2.75, 3.05) is 16.8 Å². The first-order chi connectivity index (χ1) is 13.8. The number of hydrogen-bond donors (Lipinski definition) is 2. The van der Waals surface area contributed by atoms with E-state index in [4.69, 9.17) is 9.52 Å². The molecule has 148 valence electrons. The van der Waals surface area contributed by atoms with Crippen molar-refractivity contribution in [2.24, 2.45) is 0 Å². The summed E-state index contributed by atoms with van der Waals surface area (Å²) in [5.74, 6) is -1.78. The summed E-state index contributed by atoms with van der Waals surface area (Å²) in [5, 5.41) is 11.6. The molecule has 2 amide bonds. The molecule has 1 aromatic heterocycles. The van der Waals surface area contributed by atoms with Gasteiger partial charge in [0.25, 0.3) is 5.91 Å². The molecule has 0 fully saturated rings. The number of anilines is 2. The van der Waals surface area contributed by atoms with Crippen LogP contribution in [-0.4, -0.2) is 29.4 Å². The highest BCUT2D eigenvalue weighted by Crippen LogP contribution is 2.21. The average molecular weight is 392 g/mol. The van der Waals surface area contributed by atoms with Crippen LogP contribution in [0, 0.1) is 13.8 Å². The predicted molar refractivity (Wildman–Crippen MR) is 108 cm³/mol. The second-order valence-electron chi connectivity index (χ2n) is 6.57. The summed E-state index contributed by atoms with van der Waals surface area (Å²) in [6.45, 7) is 3.66. The molecule has 3 aromatic rings. The molecule has 0 aliphatic carbocycles. The van der Waals surface area contributed by atoms with Crippen LogP contribution in [0.4, 0.5) is 11.4 Å². The SMILES string of the molecule is Cc1ccc(N(CC(=O)Nc2ccc(C(=O)O)cc2)C(=O)c2ccco2)cc1C. The van der Waals surface area contributed by atoms with Crippen LogP contribution in [0.3, 0.4) is 0 Å². The van der Waals surface area contributed by atoms with Gasteiger partial charge in [0.1, 0.15) is 6.54 Å². The zero-order chi connectivity index (χ0) is 21.0. The molecule has 3 rings (SSSR count). The standard InChI is InChI=1S/C22H20N2O5/c1-14-5-10-18(12-15(14)2)24(21(26)19-4-3-11-29-19)13-20(25)23-17-8-6-16(7-9-17)22(27)28/h3-12H,13H2,1-2H3,(H,23,25)(H,27,28). The second kappa shape index (κ2) is 8.43. The molecule has 0 bridgehead atoms. The number of carboxylic acids is 1. The molecular weight excluding hydrogens is 372 g/mol. The van der Waals surface area contributed by atoms with E-state index in [9.17, 15) is 14.4 Å². The Bertz CT molecular complexity index is 1040. The third-order valence-corrected chi connectivity index (χ3v) is 4.50. The van der Waals surface area contributed by atoms with Gasteiger partial charge in [-0.2, -0.15) is 0 Å². The highest BCUT2D eigenvalue weighted by molar-refractivity contribution is 6.08. The Balaban J connectivity index is 1.82. The first kappa shape index (κ1) is 19.9. The van der Waals surface area contributed by atoms with Crippen molar-refractivity contribution in [1.29, 1.82) is 0 Å². The molecule has 7 nitrogen and oxygen atoms in total. The Kier molecular flexibility index (Phi) is 5.78. The van der Waals surface area contributed by atoms with Gasteiger partial charge < -0.3 is 14.8 Å². The molecule has 0 unspecified atom stereocenters. The number of hydrogen-bond acceptors (Lipinski definition) is 4. The van der Waals surface area contributed by atoms with Gasteiger partial charge in [-0.3, -0.25) is 14.5 Å². The van der Waals surface area contributed by atoms with Crippen LogP contribution in [0.25, 0.3) is 0 Å². The van der Waals surface area contributed by atoms with Gasteiger partial charge >= 0.3 is 5.97 Å². The number of furan rings is 1. The van der Waals surface area contributed by atoms with Crippen LogP contribution in [-0.2, 0) is 4.79 Å². The molecule has 7 heteroatoms. The van der Waals surface area contributed by atoms with Gasteiger partial charge in [-0.1, -0.05) is 6.07 Å². The van der Waals surface area contributed by atoms with Crippen LogP contribution in [0.15, 0.2) is 65.3 Å². The quantitative estimate of drug-likeness (QED) is 0.663. The maximum atomic E-state index is 12.9. The highest BCUT2D eigenvalue weighted by atomic mass is 16.4. The van der Waals surface area contributed by atoms with E-state index in [1.807, 2.05) is 26.0 Å². The Hall–Kier alpha value is -3.87. The van der Waals surface area contributed by atoms with Crippen molar-refractivity contribution in [1.82, 2.24) is 0 Å². The fourth-order valence-electron chi connectivity index (χ4n) is 2.75.